The van der Waals surface area contributed by atoms with E-state index in [-0.39, 0.29) is 25.0 Å². The number of rotatable bonds is 7. The highest BCUT2D eigenvalue weighted by Crippen LogP contribution is 1.83. The lowest BCUT2D eigenvalue weighted by molar-refractivity contribution is -0.143. The quantitative estimate of drug-likeness (QED) is 0.433. The summed E-state index contributed by atoms with van der Waals surface area (Å²) in [5.74, 6) is -0.764. The van der Waals surface area contributed by atoms with E-state index in [1.54, 1.807) is 20.8 Å². The Balaban J connectivity index is 3.59. The first-order valence-corrected chi connectivity index (χ1v) is 5.92. The molecule has 18 heavy (non-hydrogen) atoms. The van der Waals surface area contributed by atoms with Crippen molar-refractivity contribution in [1.29, 1.82) is 0 Å². The molecule has 0 aromatic rings. The summed E-state index contributed by atoms with van der Waals surface area (Å²) in [7, 11) is 0. The average Bonchev–Trinajstić information content (AvgIpc) is 2.23. The average molecular weight is 259 g/mol. The third-order valence-corrected chi connectivity index (χ3v) is 1.77. The summed E-state index contributed by atoms with van der Waals surface area (Å²) < 4.78 is 4.71. The van der Waals surface area contributed by atoms with Gasteiger partial charge >= 0.3 is 12.0 Å². The Kier molecular flexibility index (Phi) is 8.55. The van der Waals surface area contributed by atoms with Crippen molar-refractivity contribution in [2.24, 2.45) is 0 Å². The lowest BCUT2D eigenvalue weighted by Gasteiger charge is -2.09. The maximum Gasteiger partial charge on any atom is 0.321 e. The predicted octanol–water partition coefficient (Wildman–Crippen LogP) is -0.237. The molecule has 0 fully saturated rings. The minimum atomic E-state index is -0.526. The summed E-state index contributed by atoms with van der Waals surface area (Å²) in [6.07, 6.45) is 0.194. The smallest absolute Gasteiger partial charge is 0.321 e. The van der Waals surface area contributed by atoms with Crippen LogP contribution >= 0.6 is 0 Å². The van der Waals surface area contributed by atoms with Gasteiger partial charge in [0.05, 0.1) is 19.6 Å². The van der Waals surface area contributed by atoms with E-state index in [4.69, 9.17) is 4.74 Å². The van der Waals surface area contributed by atoms with Crippen LogP contribution in [0.1, 0.15) is 27.2 Å². The van der Waals surface area contributed by atoms with Crippen molar-refractivity contribution in [2.75, 3.05) is 19.7 Å². The summed E-state index contributed by atoms with van der Waals surface area (Å²) in [5, 5.41) is 7.42. The third-order valence-electron chi connectivity index (χ3n) is 1.77. The van der Waals surface area contributed by atoms with Crippen LogP contribution in [0, 0.1) is 0 Å². The second-order valence-electron chi connectivity index (χ2n) is 3.91. The molecule has 3 N–H and O–H groups in total. The van der Waals surface area contributed by atoms with Crippen LogP contribution in [0.25, 0.3) is 0 Å². The Morgan fingerprint density at radius 2 is 1.89 bits per heavy atom. The van der Waals surface area contributed by atoms with Gasteiger partial charge in [-0.25, -0.2) is 4.79 Å². The van der Waals surface area contributed by atoms with E-state index < -0.39 is 11.9 Å². The number of urea groups is 1. The number of nitrogens with one attached hydrogen (secondary N) is 3. The number of carbonyl (C=O) groups is 3. The first-order chi connectivity index (χ1) is 8.45. The molecule has 0 aliphatic rings. The number of hydrogen-bond donors (Lipinski definition) is 3. The van der Waals surface area contributed by atoms with Gasteiger partial charge in [0.25, 0.3) is 0 Å². The van der Waals surface area contributed by atoms with Gasteiger partial charge in [-0.15, -0.1) is 0 Å². The summed E-state index contributed by atoms with van der Waals surface area (Å²) in [5.41, 5.74) is 0. The Hall–Kier alpha value is -1.63. The maximum absolute atomic E-state index is 11.3. The highest BCUT2D eigenvalue weighted by atomic mass is 16.5. The highest BCUT2D eigenvalue weighted by Gasteiger charge is 2.08. The Morgan fingerprint density at radius 1 is 1.22 bits per heavy atom. The van der Waals surface area contributed by atoms with Crippen molar-refractivity contribution in [2.45, 2.75) is 33.2 Å². The van der Waals surface area contributed by atoms with Crippen molar-refractivity contribution >= 4 is 17.9 Å². The van der Waals surface area contributed by atoms with E-state index in [0.29, 0.717) is 13.2 Å². The zero-order chi connectivity index (χ0) is 14.0. The molecule has 0 atom stereocenters. The summed E-state index contributed by atoms with van der Waals surface area (Å²) >= 11 is 0. The largest absolute Gasteiger partial charge is 0.466 e. The summed E-state index contributed by atoms with van der Waals surface area (Å²) in [4.78, 5) is 33.4. The molecule has 0 bridgehead atoms. The van der Waals surface area contributed by atoms with Crippen molar-refractivity contribution in [3.63, 3.8) is 0 Å². The van der Waals surface area contributed by atoms with E-state index in [1.807, 2.05) is 0 Å². The van der Waals surface area contributed by atoms with Crippen molar-refractivity contribution in [3.05, 3.63) is 0 Å². The summed E-state index contributed by atoms with van der Waals surface area (Å²) in [6.45, 7) is 5.97. The van der Waals surface area contributed by atoms with E-state index in [9.17, 15) is 14.4 Å². The highest BCUT2D eigenvalue weighted by molar-refractivity contribution is 5.95. The molecule has 104 valence electrons. The van der Waals surface area contributed by atoms with Crippen LogP contribution in [-0.4, -0.2) is 43.6 Å². The van der Waals surface area contributed by atoms with Gasteiger partial charge in [-0.1, -0.05) is 0 Å². The Morgan fingerprint density at radius 3 is 2.44 bits per heavy atom. The van der Waals surface area contributed by atoms with Gasteiger partial charge in [0.1, 0.15) is 0 Å². The molecule has 0 saturated heterocycles. The minimum absolute atomic E-state index is 0.0229. The minimum Gasteiger partial charge on any atom is -0.466 e. The number of amides is 3. The first kappa shape index (κ1) is 16.4. The van der Waals surface area contributed by atoms with Gasteiger partial charge in [0.15, 0.2) is 0 Å². The molecule has 0 aromatic carbocycles. The SMILES string of the molecule is CCOC(=O)CCNCC(=O)NC(=O)NC(C)C. The molecule has 0 heterocycles. The molecular formula is C11H21N3O4. The lowest BCUT2D eigenvalue weighted by atomic mass is 10.4. The second kappa shape index (κ2) is 9.41. The molecule has 7 nitrogen and oxygen atoms in total. The Labute approximate surface area is 107 Å². The third kappa shape index (κ3) is 9.59. The molecule has 0 unspecified atom stereocenters. The first-order valence-electron chi connectivity index (χ1n) is 5.92. The van der Waals surface area contributed by atoms with Gasteiger partial charge in [0.2, 0.25) is 5.91 Å². The van der Waals surface area contributed by atoms with E-state index in [2.05, 4.69) is 16.0 Å². The molecule has 0 spiro atoms. The fraction of sp³-hybridized carbons (Fsp3) is 0.727. The van der Waals surface area contributed by atoms with E-state index in [0.717, 1.165) is 0 Å². The monoisotopic (exact) mass is 259 g/mol. The molecule has 0 aliphatic heterocycles. The maximum atomic E-state index is 11.3. The van der Waals surface area contributed by atoms with Crippen molar-refractivity contribution in [3.8, 4) is 0 Å². The summed E-state index contributed by atoms with van der Waals surface area (Å²) in [6, 6.07) is -0.559. The van der Waals surface area contributed by atoms with E-state index in [1.165, 1.54) is 0 Å². The lowest BCUT2D eigenvalue weighted by Crippen LogP contribution is -2.45. The van der Waals surface area contributed by atoms with Gasteiger partial charge < -0.3 is 15.4 Å². The van der Waals surface area contributed by atoms with E-state index >= 15 is 0 Å². The molecule has 0 radical (unpaired) electrons. The Bertz CT molecular complexity index is 292. The fourth-order valence-corrected chi connectivity index (χ4v) is 1.09. The van der Waals surface area contributed by atoms with Crippen LogP contribution in [-0.2, 0) is 14.3 Å². The molecule has 0 aromatic heterocycles. The standard InChI is InChI=1S/C11H21N3O4/c1-4-18-10(16)5-6-12-7-9(15)14-11(17)13-8(2)3/h8,12H,4-7H2,1-3H3,(H2,13,14,15,17). The van der Waals surface area contributed by atoms with Gasteiger partial charge in [-0.05, 0) is 20.8 Å². The van der Waals surface area contributed by atoms with Gasteiger partial charge in [-0.2, -0.15) is 0 Å². The number of imide groups is 1. The predicted molar refractivity (Wildman–Crippen MR) is 65.9 cm³/mol. The van der Waals surface area contributed by atoms with Crippen LogP contribution in [0.15, 0.2) is 0 Å². The number of hydrogen-bond acceptors (Lipinski definition) is 5. The molecule has 0 saturated carbocycles. The molecular weight excluding hydrogens is 238 g/mol. The van der Waals surface area contributed by atoms with Crippen LogP contribution < -0.4 is 16.0 Å². The molecule has 7 heteroatoms. The zero-order valence-electron chi connectivity index (χ0n) is 11.0. The normalized spacial score (nSPS) is 10.0. The van der Waals surface area contributed by atoms with Crippen LogP contribution in [0.2, 0.25) is 0 Å². The molecule has 3 amide bonds. The number of ether oxygens (including phenoxy) is 1. The number of esters is 1. The molecule has 0 aliphatic carbocycles. The van der Waals surface area contributed by atoms with Gasteiger partial charge in [0, 0.05) is 12.6 Å². The molecule has 0 rings (SSSR count). The fourth-order valence-electron chi connectivity index (χ4n) is 1.09. The topological polar surface area (TPSA) is 96.5 Å². The van der Waals surface area contributed by atoms with Crippen LogP contribution in [0.4, 0.5) is 4.79 Å². The van der Waals surface area contributed by atoms with Crippen molar-refractivity contribution < 1.29 is 19.1 Å². The second-order valence-corrected chi connectivity index (χ2v) is 3.91. The van der Waals surface area contributed by atoms with Gasteiger partial charge in [-0.3, -0.25) is 14.9 Å². The van der Waals surface area contributed by atoms with Crippen LogP contribution in [0.5, 0.6) is 0 Å². The number of carbonyl (C=O) groups excluding carboxylic acids is 3. The zero-order valence-corrected chi connectivity index (χ0v) is 11.0. The van der Waals surface area contributed by atoms with Crippen LogP contribution in [0.3, 0.4) is 0 Å². The van der Waals surface area contributed by atoms with Crippen molar-refractivity contribution in [1.82, 2.24) is 16.0 Å².